The second kappa shape index (κ2) is 34.1. The number of ether oxygens (including phenoxy) is 6. The Morgan fingerprint density at radius 2 is 0.651 bits per heavy atom. The number of aromatic amines is 5. The second-order valence-corrected chi connectivity index (χ2v) is 36.2. The van der Waals surface area contributed by atoms with Crippen LogP contribution in [0.3, 0.4) is 0 Å². The molecule has 0 aliphatic carbocycles. The molecule has 17 rings (SSSR count). The van der Waals surface area contributed by atoms with Crippen molar-refractivity contribution < 1.29 is 131 Å². The molecule has 0 aromatic carbocycles. The maximum absolute atomic E-state index is 14.6. The first-order valence-electron chi connectivity index (χ1n) is 37.4. The maximum atomic E-state index is 14.6. The summed E-state index contributed by atoms with van der Waals surface area (Å²) in [5.41, 5.74) is 23.6. The summed E-state index contributed by atoms with van der Waals surface area (Å²) in [5.74, 6) is -1.46. The normalized spacial score (nSPS) is 29.0. The van der Waals surface area contributed by atoms with Crippen LogP contribution in [0.5, 0.6) is 0 Å². The lowest BCUT2D eigenvalue weighted by Gasteiger charge is -2.26. The van der Waals surface area contributed by atoms with Crippen molar-refractivity contribution in [3.8, 4) is 0 Å². The number of H-pyrrole nitrogens is 5. The molecular weight excluding hydrogens is 1800 g/mol. The van der Waals surface area contributed by atoms with Gasteiger partial charge in [-0.25, -0.2) is 62.5 Å². The number of imidazole rings is 5. The second-order valence-electron chi connectivity index (χ2n) is 29.1. The average Bonchev–Trinajstić information content (AvgIpc) is 1.65. The van der Waals surface area contributed by atoms with Crippen LogP contribution < -0.4 is 62.2 Å². The van der Waals surface area contributed by atoms with E-state index >= 15 is 0 Å². The van der Waals surface area contributed by atoms with Gasteiger partial charge in [0.25, 0.3) is 27.8 Å². The number of nitrogens with zero attached hydrogens (tertiary/aromatic N) is 17. The summed E-state index contributed by atoms with van der Waals surface area (Å²) in [5, 5.41) is 21.3. The van der Waals surface area contributed by atoms with Gasteiger partial charge in [-0.1, -0.05) is 0 Å². The highest BCUT2D eigenvalue weighted by Crippen LogP contribution is 2.57. The number of fused-ring (bicyclic) bond motifs is 5. The Hall–Kier alpha value is -10.1. The zero-order valence-corrected chi connectivity index (χ0v) is 68.8. The first-order valence-corrected chi connectivity index (χ1v) is 44.9. The number of nitrogen functional groups attached to an aromatic ring is 5. The number of aromatic nitrogens is 22. The molecule has 11 aromatic rings. The lowest BCUT2D eigenvalue weighted by Crippen LogP contribution is -2.33. The van der Waals surface area contributed by atoms with E-state index in [1.165, 1.54) is 39.5 Å². The molecule has 23 atom stereocenters. The Labute approximate surface area is 696 Å². The summed E-state index contributed by atoms with van der Waals surface area (Å²) in [6, 6.07) is 0. The molecule has 678 valence electrons. The van der Waals surface area contributed by atoms with Gasteiger partial charge in [0, 0.05) is 50.3 Å². The van der Waals surface area contributed by atoms with Crippen LogP contribution in [-0.4, -0.2) is 255 Å². The van der Waals surface area contributed by atoms with Crippen LogP contribution in [0.25, 0.3) is 55.8 Å². The molecule has 0 saturated carbocycles. The molecular formula is C60H74N27O34P5. The lowest BCUT2D eigenvalue weighted by molar-refractivity contribution is -0.0640. The molecule has 0 bridgehead atoms. The summed E-state index contributed by atoms with van der Waals surface area (Å²) in [4.78, 5) is 191. The van der Waals surface area contributed by atoms with E-state index in [0.29, 0.717) is 0 Å². The number of aryl methyl sites for hydroxylation is 1. The number of nitrogens with two attached hydrogens (primary N) is 5. The largest absolute Gasteiger partial charge is 0.472 e. The molecule has 17 heterocycles. The Morgan fingerprint density at radius 3 is 0.984 bits per heavy atom. The SMILES string of the molecule is Cc1cn([C@H]2C[C@H](OP(=O)(O)OC[C@H]3O[C@@H](n4cnc5c(=O)[nH]c(N)nc54)C[C@@H]3OP(=O)(O)OC[C@H]3O[C@@H](n4cnc5c(=O)[nH]c(N)nc54)C[C@@H]3OP(=O)(O)OC[C@H]3O[C@@H](n4cnc5c(=O)[nH]c(N)nc54)C[C@@H]3OP(=O)(O)OC[C@H]3O[C@@H](n4cnc5c(N)ncnc54)C[C@@H]3OP(=O)(O)OC[C@H]3O[C@@H](n4cnc5c(=O)[nH]c(N)nc54)C[C@@H]3O)[C@@H](CO)O2)c(=O)[nH]c1=O. The van der Waals surface area contributed by atoms with Gasteiger partial charge in [0.2, 0.25) is 23.8 Å². The van der Waals surface area contributed by atoms with E-state index in [2.05, 4.69) is 79.7 Å². The van der Waals surface area contributed by atoms with Crippen molar-refractivity contribution in [3.63, 3.8) is 0 Å². The van der Waals surface area contributed by atoms with Crippen molar-refractivity contribution in [3.05, 3.63) is 112 Å². The van der Waals surface area contributed by atoms with Gasteiger partial charge in [-0.15, -0.1) is 0 Å². The summed E-state index contributed by atoms with van der Waals surface area (Å²) in [7, 11) is -27.5. The van der Waals surface area contributed by atoms with E-state index in [1.807, 2.05) is 0 Å². The van der Waals surface area contributed by atoms with Crippen LogP contribution in [-0.2, 0) is 96.5 Å². The van der Waals surface area contributed by atoms with Crippen molar-refractivity contribution in [2.45, 2.75) is 156 Å². The average molecular weight is 1870 g/mol. The molecule has 22 N–H and O–H groups in total. The quantitative estimate of drug-likeness (QED) is 0.0184. The molecule has 126 heavy (non-hydrogen) atoms. The zero-order chi connectivity index (χ0) is 89.1. The fourth-order valence-corrected chi connectivity index (χ4v) is 19.9. The predicted molar refractivity (Wildman–Crippen MR) is 414 cm³/mol. The van der Waals surface area contributed by atoms with Gasteiger partial charge in [0.1, 0.15) is 116 Å². The van der Waals surface area contributed by atoms with E-state index in [-0.39, 0.29) is 98.4 Å². The lowest BCUT2D eigenvalue weighted by atomic mass is 10.2. The predicted octanol–water partition coefficient (Wildman–Crippen LogP) is -3.28. The van der Waals surface area contributed by atoms with Crippen LogP contribution in [0, 0.1) is 6.92 Å². The number of aliphatic hydroxyl groups excluding tert-OH is 2. The number of hydrogen-bond acceptors (Lipinski definition) is 45. The molecule has 5 unspecified atom stereocenters. The number of rotatable bonds is 32. The van der Waals surface area contributed by atoms with Gasteiger partial charge < -0.3 is 91.8 Å². The summed E-state index contributed by atoms with van der Waals surface area (Å²) in [6.07, 6.45) is -21.6. The topological polar surface area (TPSA) is 857 Å². The van der Waals surface area contributed by atoms with E-state index in [4.69, 9.17) is 102 Å². The molecule has 61 nitrogen and oxygen atoms in total. The Kier molecular flexibility index (Phi) is 23.8. The monoisotopic (exact) mass is 1870 g/mol. The van der Waals surface area contributed by atoms with E-state index < -0.39 is 254 Å². The highest BCUT2D eigenvalue weighted by Gasteiger charge is 2.52. The van der Waals surface area contributed by atoms with Crippen molar-refractivity contribution in [2.75, 3.05) is 68.3 Å². The smallest absolute Gasteiger partial charge is 0.394 e. The summed E-state index contributed by atoms with van der Waals surface area (Å²) in [6.45, 7) is -4.53. The van der Waals surface area contributed by atoms with Gasteiger partial charge in [0.15, 0.2) is 56.1 Å². The van der Waals surface area contributed by atoms with Gasteiger partial charge in [-0.05, 0) is 6.92 Å². The fourth-order valence-electron chi connectivity index (χ4n) is 15.1. The van der Waals surface area contributed by atoms with Crippen LogP contribution >= 0.6 is 39.1 Å². The van der Waals surface area contributed by atoms with E-state index in [9.17, 15) is 86.3 Å². The third-order valence-electron chi connectivity index (χ3n) is 20.8. The van der Waals surface area contributed by atoms with Gasteiger partial charge in [-0.2, -0.15) is 19.9 Å². The molecule has 6 aliphatic heterocycles. The number of phosphoric acid groups is 5. The number of aliphatic hydroxyl groups is 2. The number of hydrogen-bond donors (Lipinski definition) is 17. The Morgan fingerprint density at radius 1 is 0.373 bits per heavy atom. The number of nitrogens with one attached hydrogen (secondary N) is 5. The summed E-state index contributed by atoms with van der Waals surface area (Å²) >= 11 is 0. The minimum absolute atomic E-state index is 0.00213. The third kappa shape index (κ3) is 18.3. The van der Waals surface area contributed by atoms with Gasteiger partial charge in [-0.3, -0.25) is 122 Å². The fraction of sp³-hybridized carbons (Fsp3) is 0.517. The van der Waals surface area contributed by atoms with E-state index in [0.717, 1.165) is 39.0 Å². The molecule has 0 amide bonds. The zero-order valence-electron chi connectivity index (χ0n) is 64.3. The first-order chi connectivity index (χ1) is 59.8. The molecule has 11 aromatic heterocycles. The van der Waals surface area contributed by atoms with Crippen molar-refractivity contribution >= 4 is 125 Å². The molecule has 66 heteroatoms. The highest BCUT2D eigenvalue weighted by atomic mass is 31.2. The minimum atomic E-state index is -5.68. The molecule has 6 fully saturated rings. The van der Waals surface area contributed by atoms with Crippen molar-refractivity contribution in [2.24, 2.45) is 0 Å². The first kappa shape index (κ1) is 87.9. The van der Waals surface area contributed by atoms with Crippen LogP contribution in [0.4, 0.5) is 29.6 Å². The molecule has 6 aliphatic rings. The highest BCUT2D eigenvalue weighted by molar-refractivity contribution is 7.48. The number of anilines is 5. The molecule has 6 saturated heterocycles. The Bertz CT molecular complexity index is 6680. The van der Waals surface area contributed by atoms with Crippen molar-refractivity contribution in [1.82, 2.24) is 107 Å². The number of phosphoric ester groups is 5. The van der Waals surface area contributed by atoms with Crippen LogP contribution in [0.2, 0.25) is 0 Å². The van der Waals surface area contributed by atoms with Crippen LogP contribution in [0.15, 0.2) is 72.9 Å². The molecule has 0 spiro atoms. The maximum Gasteiger partial charge on any atom is 0.472 e. The minimum Gasteiger partial charge on any atom is -0.394 e. The van der Waals surface area contributed by atoms with Crippen molar-refractivity contribution in [1.29, 1.82) is 0 Å². The van der Waals surface area contributed by atoms with E-state index in [1.54, 1.807) is 0 Å². The standard InChI is InChI=1S/C60H74N27O34P5/c1-21-8-82(60(95)81-51(21)90)35-3-23(28(9-88)111-35)117-123(98,99)107-12-31-25(5-37(114-31)85-18-70-42-48(85)74-57(63)78-53(42)92)119-125(102,103)109-14-33-27(7-39(116-33)87-20-72-44-50(87)76-59(65)80-55(44)94)121-126(104,105)110-13-32-26(6-38(115-32)86-19-71-43-49(86)75-58(64)79-54(43)93)120-124(100,101)108-11-30-24(4-36(113-30)83-16-68-40-45(61)66-15-67-46(40)83)118-122(96,97)106-10-29-22(89)2-34(112-29)84-17-69-41-47(84)73-56(62)77-52(41)91/h8,15-20,22-39,88-89H,2-7,9-14H2,1H3,(H,96,97)(H,98,99)(H,100,101)(H,102,103)(H,104,105)(H2,61,66,67)(H,81,90,95)(H3,62,73,77,91)(H3,63,74,78,92)(H3,64,75,79,93)(H3,65,76,80,94)/t22-,23-,24-,25-,26-,27-,28+,29+,30+,31+,32+,33+,34+,35+,36+,37+,38+,39+/m0/s1. The Balaban J connectivity index is 0.595. The van der Waals surface area contributed by atoms with Gasteiger partial charge >= 0.3 is 44.8 Å². The molecule has 0 radical (unpaired) electrons. The summed E-state index contributed by atoms with van der Waals surface area (Å²) < 4.78 is 171. The van der Waals surface area contributed by atoms with Crippen LogP contribution in [0.1, 0.15) is 81.5 Å². The van der Waals surface area contributed by atoms with Gasteiger partial charge in [0.05, 0.1) is 77.4 Å². The third-order valence-corrected chi connectivity index (χ3v) is 25.9.